The number of nitrogens with one attached hydrogen (secondary N) is 2. The summed E-state index contributed by atoms with van der Waals surface area (Å²) in [6.07, 6.45) is 6.60. The van der Waals surface area contributed by atoms with Gasteiger partial charge in [0.05, 0.1) is 7.11 Å². The van der Waals surface area contributed by atoms with Crippen LogP contribution in [0.3, 0.4) is 0 Å². The number of ether oxygens (including phenoxy) is 2. The van der Waals surface area contributed by atoms with Gasteiger partial charge < -0.3 is 20.1 Å². The maximum atomic E-state index is 13.1. The van der Waals surface area contributed by atoms with E-state index in [4.69, 9.17) is 9.47 Å². The van der Waals surface area contributed by atoms with E-state index < -0.39 is 17.9 Å². The molecule has 31 heavy (non-hydrogen) atoms. The highest BCUT2D eigenvalue weighted by Crippen LogP contribution is 2.60. The summed E-state index contributed by atoms with van der Waals surface area (Å²) >= 11 is 0. The maximum absolute atomic E-state index is 13.1. The quantitative estimate of drug-likeness (QED) is 0.621. The molecular formula is C24H32N2O5. The van der Waals surface area contributed by atoms with Gasteiger partial charge in [-0.05, 0) is 69.3 Å². The van der Waals surface area contributed by atoms with Crippen molar-refractivity contribution in [2.45, 2.75) is 58.0 Å². The third kappa shape index (κ3) is 4.70. The van der Waals surface area contributed by atoms with Crippen LogP contribution in [0, 0.1) is 23.2 Å². The van der Waals surface area contributed by atoms with Crippen LogP contribution in [-0.2, 0) is 25.7 Å². The minimum absolute atomic E-state index is 0.0170. The van der Waals surface area contributed by atoms with Crippen molar-refractivity contribution >= 4 is 17.8 Å². The van der Waals surface area contributed by atoms with E-state index in [0.717, 1.165) is 24.8 Å². The van der Waals surface area contributed by atoms with Gasteiger partial charge in [0, 0.05) is 17.5 Å². The van der Waals surface area contributed by atoms with E-state index in [1.165, 1.54) is 19.3 Å². The van der Waals surface area contributed by atoms with Gasteiger partial charge in [0.15, 0.2) is 6.61 Å². The first-order chi connectivity index (χ1) is 14.9. The fourth-order valence-corrected chi connectivity index (χ4v) is 6.15. The van der Waals surface area contributed by atoms with Crippen molar-refractivity contribution in [1.29, 1.82) is 0 Å². The Morgan fingerprint density at radius 1 is 1.06 bits per heavy atom. The molecule has 7 heteroatoms. The Hall–Kier alpha value is -2.57. The molecule has 1 aromatic rings. The van der Waals surface area contributed by atoms with E-state index in [0.29, 0.717) is 23.5 Å². The van der Waals surface area contributed by atoms with Gasteiger partial charge in [0.2, 0.25) is 5.91 Å². The van der Waals surface area contributed by atoms with Gasteiger partial charge in [-0.3, -0.25) is 9.59 Å². The Morgan fingerprint density at radius 2 is 1.68 bits per heavy atom. The van der Waals surface area contributed by atoms with E-state index in [2.05, 4.69) is 10.6 Å². The van der Waals surface area contributed by atoms with Crippen molar-refractivity contribution in [2.75, 3.05) is 13.7 Å². The Morgan fingerprint density at radius 3 is 2.29 bits per heavy atom. The molecule has 0 aliphatic heterocycles. The maximum Gasteiger partial charge on any atom is 0.328 e. The summed E-state index contributed by atoms with van der Waals surface area (Å²) in [5.74, 6) is 1.64. The van der Waals surface area contributed by atoms with Crippen LogP contribution in [-0.4, -0.2) is 37.5 Å². The van der Waals surface area contributed by atoms with Crippen molar-refractivity contribution in [1.82, 2.24) is 10.6 Å². The average Bonchev–Trinajstić information content (AvgIpc) is 2.75. The van der Waals surface area contributed by atoms with E-state index in [1.807, 2.05) is 24.3 Å². The number of esters is 1. The summed E-state index contributed by atoms with van der Waals surface area (Å²) in [6.45, 7) is 1.51. The van der Waals surface area contributed by atoms with Gasteiger partial charge in [-0.1, -0.05) is 18.2 Å². The first-order valence-electron chi connectivity index (χ1n) is 11.2. The predicted octanol–water partition coefficient (Wildman–Crippen LogP) is 2.58. The molecule has 4 saturated carbocycles. The highest BCUT2D eigenvalue weighted by molar-refractivity contribution is 5.89. The average molecular weight is 429 g/mol. The summed E-state index contributed by atoms with van der Waals surface area (Å²) in [7, 11) is 1.57. The number of amides is 2. The molecule has 0 spiro atoms. The second kappa shape index (κ2) is 8.89. The Labute approximate surface area is 183 Å². The molecule has 7 nitrogen and oxygen atoms in total. The smallest absolute Gasteiger partial charge is 0.328 e. The number of para-hydroxylation sites is 1. The van der Waals surface area contributed by atoms with Crippen LogP contribution in [0.15, 0.2) is 24.3 Å². The second-order valence-electron chi connectivity index (χ2n) is 9.59. The van der Waals surface area contributed by atoms with Gasteiger partial charge in [-0.15, -0.1) is 0 Å². The molecule has 2 amide bonds. The van der Waals surface area contributed by atoms with Crippen LogP contribution in [0.2, 0.25) is 0 Å². The second-order valence-corrected chi connectivity index (χ2v) is 9.59. The van der Waals surface area contributed by atoms with Crippen molar-refractivity contribution < 1.29 is 23.9 Å². The number of methoxy groups -OCH3 is 1. The number of rotatable bonds is 8. The standard InChI is InChI=1S/C24H32N2O5/c1-15(26-23(29)24-10-16-7-17(11-24)9-18(8-16)12-24)22(28)31-14-21(27)25-13-19-5-3-4-6-20(19)30-2/h3-6,15-18H,7-14H2,1-2H3,(H,25,27)(H,26,29)/t15-,16?,17?,18?,24?/m0/s1. The molecule has 168 valence electrons. The highest BCUT2D eigenvalue weighted by Gasteiger charge is 2.54. The monoisotopic (exact) mass is 428 g/mol. The summed E-state index contributed by atoms with van der Waals surface area (Å²) in [6, 6.07) is 6.61. The first kappa shape index (κ1) is 21.7. The summed E-state index contributed by atoms with van der Waals surface area (Å²) in [4.78, 5) is 37.5. The molecule has 4 aliphatic rings. The lowest BCUT2D eigenvalue weighted by Gasteiger charge is -2.55. The SMILES string of the molecule is COc1ccccc1CNC(=O)COC(=O)[C@H](C)NC(=O)C12CC3CC(CC(C3)C1)C2. The van der Waals surface area contributed by atoms with E-state index in [9.17, 15) is 14.4 Å². The number of carbonyl (C=O) groups is 3. The number of hydrogen-bond donors (Lipinski definition) is 2. The zero-order chi connectivity index (χ0) is 22.0. The lowest BCUT2D eigenvalue weighted by molar-refractivity contribution is -0.155. The molecule has 4 fully saturated rings. The van der Waals surface area contributed by atoms with Crippen LogP contribution < -0.4 is 15.4 Å². The fourth-order valence-electron chi connectivity index (χ4n) is 6.15. The molecule has 0 aromatic heterocycles. The summed E-state index contributed by atoms with van der Waals surface area (Å²) < 4.78 is 10.4. The van der Waals surface area contributed by atoms with Crippen LogP contribution >= 0.6 is 0 Å². The fraction of sp³-hybridized carbons (Fsp3) is 0.625. The lowest BCUT2D eigenvalue weighted by Crippen LogP contribution is -2.56. The van der Waals surface area contributed by atoms with Crippen molar-refractivity contribution in [3.63, 3.8) is 0 Å². The molecule has 2 N–H and O–H groups in total. The van der Waals surface area contributed by atoms with Crippen LogP contribution in [0.25, 0.3) is 0 Å². The minimum Gasteiger partial charge on any atom is -0.496 e. The Bertz CT molecular complexity index is 817. The van der Waals surface area contributed by atoms with E-state index >= 15 is 0 Å². The topological polar surface area (TPSA) is 93.7 Å². The normalized spacial score (nSPS) is 29.2. The van der Waals surface area contributed by atoms with Crippen LogP contribution in [0.1, 0.15) is 51.0 Å². The molecule has 5 rings (SSSR count). The third-order valence-corrected chi connectivity index (χ3v) is 7.24. The number of benzene rings is 1. The molecule has 0 unspecified atom stereocenters. The lowest BCUT2D eigenvalue weighted by atomic mass is 9.49. The zero-order valence-corrected chi connectivity index (χ0v) is 18.3. The zero-order valence-electron chi connectivity index (χ0n) is 18.3. The van der Waals surface area contributed by atoms with Crippen molar-refractivity contribution in [3.05, 3.63) is 29.8 Å². The number of carbonyl (C=O) groups excluding carboxylic acids is 3. The predicted molar refractivity (Wildman–Crippen MR) is 114 cm³/mol. The molecule has 4 aliphatic carbocycles. The molecule has 4 bridgehead atoms. The highest BCUT2D eigenvalue weighted by atomic mass is 16.5. The molecule has 0 radical (unpaired) electrons. The van der Waals surface area contributed by atoms with Crippen molar-refractivity contribution in [2.24, 2.45) is 23.2 Å². The number of hydrogen-bond acceptors (Lipinski definition) is 5. The van der Waals surface area contributed by atoms with Gasteiger partial charge in [0.1, 0.15) is 11.8 Å². The third-order valence-electron chi connectivity index (χ3n) is 7.24. The summed E-state index contributed by atoms with van der Waals surface area (Å²) in [5, 5.41) is 5.59. The summed E-state index contributed by atoms with van der Waals surface area (Å²) in [5.41, 5.74) is 0.524. The van der Waals surface area contributed by atoms with Crippen molar-refractivity contribution in [3.8, 4) is 5.75 Å². The molecular weight excluding hydrogens is 396 g/mol. The molecule has 1 atom stereocenters. The van der Waals surface area contributed by atoms with Crippen LogP contribution in [0.5, 0.6) is 5.75 Å². The molecule has 1 aromatic carbocycles. The largest absolute Gasteiger partial charge is 0.496 e. The first-order valence-corrected chi connectivity index (χ1v) is 11.2. The minimum atomic E-state index is -0.775. The Balaban J connectivity index is 1.22. The van der Waals surface area contributed by atoms with E-state index in [-0.39, 0.29) is 24.5 Å². The van der Waals surface area contributed by atoms with Gasteiger partial charge in [0.25, 0.3) is 5.91 Å². The van der Waals surface area contributed by atoms with Gasteiger partial charge >= 0.3 is 5.97 Å². The van der Waals surface area contributed by atoms with Crippen LogP contribution in [0.4, 0.5) is 0 Å². The molecule has 0 heterocycles. The van der Waals surface area contributed by atoms with Gasteiger partial charge in [-0.2, -0.15) is 0 Å². The van der Waals surface area contributed by atoms with E-state index in [1.54, 1.807) is 14.0 Å². The van der Waals surface area contributed by atoms with Gasteiger partial charge in [-0.25, -0.2) is 4.79 Å². The molecule has 0 saturated heterocycles. The Kier molecular flexibility index (Phi) is 6.21.